The lowest BCUT2D eigenvalue weighted by Crippen LogP contribution is -2.28. The van der Waals surface area contributed by atoms with Gasteiger partial charge in [-0.3, -0.25) is 14.4 Å². The third-order valence-corrected chi connectivity index (χ3v) is 4.69. The highest BCUT2D eigenvalue weighted by molar-refractivity contribution is 9.10. The monoisotopic (exact) mass is 428 g/mol. The Hall–Kier alpha value is -2.54. The Bertz CT molecular complexity index is 990. The van der Waals surface area contributed by atoms with Crippen LogP contribution in [0.5, 0.6) is 0 Å². The first-order valence-corrected chi connectivity index (χ1v) is 9.72. The zero-order valence-corrected chi connectivity index (χ0v) is 16.9. The minimum absolute atomic E-state index is 0.140. The molecule has 7 heteroatoms. The van der Waals surface area contributed by atoms with Gasteiger partial charge < -0.3 is 4.52 Å². The number of hydrogen-bond acceptors (Lipinski definition) is 5. The molecular weight excluding hydrogens is 408 g/mol. The molecule has 6 nitrogen and oxygen atoms in total. The van der Waals surface area contributed by atoms with Crippen LogP contribution in [0.2, 0.25) is 0 Å². The molecule has 0 N–H and O–H groups in total. The Morgan fingerprint density at radius 1 is 1.22 bits per heavy atom. The van der Waals surface area contributed by atoms with Crippen molar-refractivity contribution in [3.63, 3.8) is 0 Å². The minimum Gasteiger partial charge on any atom is -0.334 e. The average Bonchev–Trinajstić information content (AvgIpc) is 3.12. The van der Waals surface area contributed by atoms with Crippen molar-refractivity contribution >= 4 is 21.8 Å². The zero-order valence-electron chi connectivity index (χ0n) is 15.4. The van der Waals surface area contributed by atoms with E-state index in [1.165, 1.54) is 0 Å². The highest BCUT2D eigenvalue weighted by Crippen LogP contribution is 2.18. The molecule has 0 bridgehead atoms. The maximum atomic E-state index is 13.0. The third kappa shape index (κ3) is 4.60. The Balaban J connectivity index is 1.88. The van der Waals surface area contributed by atoms with Gasteiger partial charge in [-0.25, -0.2) is 0 Å². The molecule has 1 aromatic carbocycles. The third-order valence-electron chi connectivity index (χ3n) is 4.07. The summed E-state index contributed by atoms with van der Waals surface area (Å²) in [5.74, 6) is 0.871. The quantitative estimate of drug-likeness (QED) is 0.545. The van der Waals surface area contributed by atoms with Crippen molar-refractivity contribution in [2.75, 3.05) is 6.54 Å². The minimum atomic E-state index is -0.140. The molecule has 0 radical (unpaired) electrons. The Kier molecular flexibility index (Phi) is 6.34. The number of carbonyl (C=O) groups excluding carboxylic acids is 1. The lowest BCUT2D eigenvalue weighted by Gasteiger charge is -2.08. The van der Waals surface area contributed by atoms with E-state index in [0.29, 0.717) is 29.3 Å². The van der Waals surface area contributed by atoms with E-state index in [9.17, 15) is 4.79 Å². The number of carbonyl (C=O) groups is 1. The van der Waals surface area contributed by atoms with E-state index >= 15 is 0 Å². The highest BCUT2D eigenvalue weighted by atomic mass is 79.9. The molecule has 0 saturated heterocycles. The average molecular weight is 429 g/mol. The molecule has 0 unspecified atom stereocenters. The number of halogens is 1. The summed E-state index contributed by atoms with van der Waals surface area (Å²) in [6.07, 6.45) is 5.00. The SMILES string of the molecule is CCCCCN=c1c(Br)cccn1C(=O)c1ccc(-c2nc(C)no2)cc1. The Morgan fingerprint density at radius 3 is 2.67 bits per heavy atom. The van der Waals surface area contributed by atoms with Crippen LogP contribution >= 0.6 is 15.9 Å². The van der Waals surface area contributed by atoms with Crippen LogP contribution in [0.25, 0.3) is 11.5 Å². The molecule has 0 atom stereocenters. The van der Waals surface area contributed by atoms with E-state index < -0.39 is 0 Å². The normalized spacial score (nSPS) is 11.7. The van der Waals surface area contributed by atoms with E-state index in [-0.39, 0.29) is 5.91 Å². The first-order valence-electron chi connectivity index (χ1n) is 8.93. The van der Waals surface area contributed by atoms with Crippen LogP contribution < -0.4 is 5.49 Å². The van der Waals surface area contributed by atoms with Gasteiger partial charge in [0, 0.05) is 23.9 Å². The second-order valence-electron chi connectivity index (χ2n) is 6.17. The van der Waals surface area contributed by atoms with Crippen LogP contribution in [-0.2, 0) is 0 Å². The topological polar surface area (TPSA) is 73.3 Å². The number of nitrogens with zero attached hydrogens (tertiary/aromatic N) is 4. The van der Waals surface area contributed by atoms with E-state index in [4.69, 9.17) is 4.52 Å². The van der Waals surface area contributed by atoms with Crippen molar-refractivity contribution in [3.05, 3.63) is 63.9 Å². The van der Waals surface area contributed by atoms with Crippen molar-refractivity contribution in [2.24, 2.45) is 4.99 Å². The van der Waals surface area contributed by atoms with E-state index in [1.54, 1.807) is 42.0 Å². The van der Waals surface area contributed by atoms with E-state index in [0.717, 1.165) is 29.3 Å². The molecule has 0 aliphatic rings. The Morgan fingerprint density at radius 2 is 2.00 bits per heavy atom. The van der Waals surface area contributed by atoms with Crippen molar-refractivity contribution in [1.82, 2.24) is 14.7 Å². The van der Waals surface area contributed by atoms with Gasteiger partial charge in [0.05, 0.1) is 4.47 Å². The van der Waals surface area contributed by atoms with Gasteiger partial charge in [0.2, 0.25) is 0 Å². The van der Waals surface area contributed by atoms with Gasteiger partial charge >= 0.3 is 0 Å². The molecule has 27 heavy (non-hydrogen) atoms. The maximum absolute atomic E-state index is 13.0. The molecule has 3 aromatic rings. The molecule has 0 fully saturated rings. The zero-order chi connectivity index (χ0) is 19.2. The summed E-state index contributed by atoms with van der Waals surface area (Å²) in [6, 6.07) is 10.8. The molecule has 140 valence electrons. The van der Waals surface area contributed by atoms with Crippen molar-refractivity contribution in [3.8, 4) is 11.5 Å². The fourth-order valence-corrected chi connectivity index (χ4v) is 3.11. The number of pyridine rings is 1. The Labute approximate surface area is 166 Å². The van der Waals surface area contributed by atoms with Crippen LogP contribution in [0.4, 0.5) is 0 Å². The van der Waals surface area contributed by atoms with Crippen molar-refractivity contribution in [2.45, 2.75) is 33.1 Å². The fraction of sp³-hybridized carbons (Fsp3) is 0.300. The number of unbranched alkanes of at least 4 members (excludes halogenated alkanes) is 2. The molecule has 0 amide bonds. The van der Waals surface area contributed by atoms with E-state index in [1.807, 2.05) is 12.1 Å². The summed E-state index contributed by atoms with van der Waals surface area (Å²) in [7, 11) is 0. The number of aromatic nitrogens is 3. The summed E-state index contributed by atoms with van der Waals surface area (Å²) >= 11 is 3.51. The summed E-state index contributed by atoms with van der Waals surface area (Å²) in [5.41, 5.74) is 1.97. The van der Waals surface area contributed by atoms with Gasteiger partial charge in [0.15, 0.2) is 5.82 Å². The van der Waals surface area contributed by atoms with Gasteiger partial charge in [-0.15, -0.1) is 0 Å². The second kappa shape index (κ2) is 8.90. The molecule has 2 aromatic heterocycles. The summed E-state index contributed by atoms with van der Waals surface area (Å²) in [4.78, 5) is 21.8. The van der Waals surface area contributed by atoms with Crippen molar-refractivity contribution < 1.29 is 9.32 Å². The maximum Gasteiger partial charge on any atom is 0.263 e. The van der Waals surface area contributed by atoms with Gasteiger partial charge in [0.25, 0.3) is 11.8 Å². The molecule has 3 rings (SSSR count). The van der Waals surface area contributed by atoms with Crippen LogP contribution in [-0.4, -0.2) is 27.2 Å². The smallest absolute Gasteiger partial charge is 0.263 e. The first kappa shape index (κ1) is 19.2. The molecular formula is C20H21BrN4O2. The molecule has 0 spiro atoms. The molecule has 0 aliphatic carbocycles. The van der Waals surface area contributed by atoms with Gasteiger partial charge in [-0.2, -0.15) is 4.98 Å². The predicted octanol–water partition coefficient (Wildman–Crippen LogP) is 4.39. The van der Waals surface area contributed by atoms with Gasteiger partial charge in [-0.1, -0.05) is 24.9 Å². The van der Waals surface area contributed by atoms with Gasteiger partial charge in [-0.05, 0) is 65.7 Å². The fourth-order valence-electron chi connectivity index (χ4n) is 2.64. The summed E-state index contributed by atoms with van der Waals surface area (Å²) < 4.78 is 7.53. The predicted molar refractivity (Wildman–Crippen MR) is 106 cm³/mol. The number of benzene rings is 1. The van der Waals surface area contributed by atoms with Gasteiger partial charge in [0.1, 0.15) is 5.49 Å². The second-order valence-corrected chi connectivity index (χ2v) is 7.02. The number of hydrogen-bond donors (Lipinski definition) is 0. The molecule has 0 saturated carbocycles. The standard InChI is InChI=1S/C20H21BrN4O2/c1-3-4-5-12-22-18-17(21)7-6-13-25(18)20(26)16-10-8-15(9-11-16)19-23-14(2)24-27-19/h6-11,13H,3-5,12H2,1-2H3. The van der Waals surface area contributed by atoms with Crippen LogP contribution in [0.15, 0.2) is 56.6 Å². The molecule has 2 heterocycles. The van der Waals surface area contributed by atoms with E-state index in [2.05, 4.69) is 38.0 Å². The largest absolute Gasteiger partial charge is 0.334 e. The first-order chi connectivity index (χ1) is 13.1. The van der Waals surface area contributed by atoms with Crippen LogP contribution in [0.1, 0.15) is 42.4 Å². The lowest BCUT2D eigenvalue weighted by atomic mass is 10.1. The summed E-state index contributed by atoms with van der Waals surface area (Å²) in [5, 5.41) is 3.79. The summed E-state index contributed by atoms with van der Waals surface area (Å²) in [6.45, 7) is 4.61. The number of aryl methyl sites for hydroxylation is 1. The van der Waals surface area contributed by atoms with Crippen molar-refractivity contribution in [1.29, 1.82) is 0 Å². The molecule has 0 aliphatic heterocycles. The number of rotatable bonds is 6. The lowest BCUT2D eigenvalue weighted by molar-refractivity contribution is 0.0954. The van der Waals surface area contributed by atoms with Crippen LogP contribution in [0, 0.1) is 6.92 Å². The van der Waals surface area contributed by atoms with Crippen LogP contribution in [0.3, 0.4) is 0 Å². The highest BCUT2D eigenvalue weighted by Gasteiger charge is 2.12.